The maximum absolute atomic E-state index is 12.4. The van der Waals surface area contributed by atoms with E-state index in [2.05, 4.69) is 15.6 Å². The highest BCUT2D eigenvalue weighted by molar-refractivity contribution is 5.81. The third-order valence-electron chi connectivity index (χ3n) is 5.81. The van der Waals surface area contributed by atoms with Crippen LogP contribution in [0.25, 0.3) is 11.3 Å². The van der Waals surface area contributed by atoms with Crippen LogP contribution in [0.5, 0.6) is 5.75 Å². The molecule has 1 aromatic carbocycles. The Balaban J connectivity index is 1.42. The van der Waals surface area contributed by atoms with Gasteiger partial charge >= 0.3 is 0 Å². The molecule has 1 spiro atoms. The van der Waals surface area contributed by atoms with Crippen LogP contribution in [-0.4, -0.2) is 46.2 Å². The van der Waals surface area contributed by atoms with Crippen molar-refractivity contribution in [3.63, 3.8) is 0 Å². The number of benzene rings is 1. The predicted octanol–water partition coefficient (Wildman–Crippen LogP) is 2.47. The van der Waals surface area contributed by atoms with Crippen LogP contribution in [0.3, 0.4) is 0 Å². The van der Waals surface area contributed by atoms with Crippen molar-refractivity contribution in [2.45, 2.75) is 38.0 Å². The Labute approximate surface area is 152 Å². The van der Waals surface area contributed by atoms with E-state index in [1.165, 1.54) is 0 Å². The summed E-state index contributed by atoms with van der Waals surface area (Å²) >= 11 is 0. The van der Waals surface area contributed by atoms with Crippen LogP contribution in [0.1, 0.15) is 25.1 Å². The van der Waals surface area contributed by atoms with Crippen LogP contribution in [-0.2, 0) is 22.7 Å². The van der Waals surface area contributed by atoms with E-state index in [0.29, 0.717) is 19.1 Å². The molecule has 1 saturated carbocycles. The second-order valence-corrected chi connectivity index (χ2v) is 7.63. The normalized spacial score (nSPS) is 24.7. The minimum absolute atomic E-state index is 0.268. The summed E-state index contributed by atoms with van der Waals surface area (Å²) in [5, 5.41) is 0. The Kier molecular flexibility index (Phi) is 3.57. The number of carbonyl (C=O) groups excluding carboxylic acids is 1. The molecule has 1 amide bonds. The zero-order valence-corrected chi connectivity index (χ0v) is 15.0. The Morgan fingerprint density at radius 2 is 2.23 bits per heavy atom. The standard InChI is InChI=1S/C20H23N3O3/c1-25-16-4-2-3-15(9-16)17-10-21-18-11-26-20(13-23(17)18)7-8-22(12-20)19(24)14-5-6-14/h2-4,9-10,14H,5-8,11-13H2,1H3/t20-/m0/s1. The lowest BCUT2D eigenvalue weighted by molar-refractivity contribution is -0.134. The summed E-state index contributed by atoms with van der Waals surface area (Å²) in [6, 6.07) is 8.05. The maximum atomic E-state index is 12.4. The summed E-state index contributed by atoms with van der Waals surface area (Å²) in [6.07, 6.45) is 4.90. The number of hydrogen-bond acceptors (Lipinski definition) is 4. The second kappa shape index (κ2) is 5.84. The number of methoxy groups -OCH3 is 1. The first-order chi connectivity index (χ1) is 12.7. The van der Waals surface area contributed by atoms with E-state index >= 15 is 0 Å². The molecule has 136 valence electrons. The topological polar surface area (TPSA) is 56.6 Å². The Morgan fingerprint density at radius 1 is 1.35 bits per heavy atom. The van der Waals surface area contributed by atoms with Crippen LogP contribution >= 0.6 is 0 Å². The summed E-state index contributed by atoms with van der Waals surface area (Å²) in [4.78, 5) is 19.0. The number of hydrogen-bond donors (Lipinski definition) is 0. The first-order valence-electron chi connectivity index (χ1n) is 9.29. The molecule has 1 aromatic heterocycles. The Bertz CT molecular complexity index is 858. The van der Waals surface area contributed by atoms with Crippen molar-refractivity contribution in [1.82, 2.24) is 14.5 Å². The number of amides is 1. The smallest absolute Gasteiger partial charge is 0.225 e. The highest BCUT2D eigenvalue weighted by atomic mass is 16.5. The van der Waals surface area contributed by atoms with Gasteiger partial charge in [0.05, 0.1) is 32.1 Å². The van der Waals surface area contributed by atoms with E-state index in [1.807, 2.05) is 29.3 Å². The summed E-state index contributed by atoms with van der Waals surface area (Å²) in [5.41, 5.74) is 1.88. The molecule has 0 radical (unpaired) electrons. The van der Waals surface area contributed by atoms with Gasteiger partial charge in [-0.25, -0.2) is 4.98 Å². The molecule has 0 N–H and O–H groups in total. The summed E-state index contributed by atoms with van der Waals surface area (Å²) in [5.74, 6) is 2.36. The van der Waals surface area contributed by atoms with Gasteiger partial charge in [0.15, 0.2) is 0 Å². The molecule has 3 heterocycles. The summed E-state index contributed by atoms with van der Waals surface area (Å²) in [6.45, 7) is 2.73. The summed E-state index contributed by atoms with van der Waals surface area (Å²) in [7, 11) is 1.68. The van der Waals surface area contributed by atoms with Gasteiger partial charge in [-0.3, -0.25) is 4.79 Å². The fourth-order valence-electron chi connectivity index (χ4n) is 4.14. The van der Waals surface area contributed by atoms with E-state index in [1.54, 1.807) is 7.11 Å². The molecule has 5 rings (SSSR count). The van der Waals surface area contributed by atoms with E-state index in [4.69, 9.17) is 9.47 Å². The maximum Gasteiger partial charge on any atom is 0.225 e. The van der Waals surface area contributed by atoms with Gasteiger partial charge in [-0.05, 0) is 31.4 Å². The van der Waals surface area contributed by atoms with E-state index in [-0.39, 0.29) is 11.5 Å². The van der Waals surface area contributed by atoms with Crippen molar-refractivity contribution >= 4 is 5.91 Å². The number of carbonyl (C=O) groups is 1. The second-order valence-electron chi connectivity index (χ2n) is 7.63. The molecule has 1 saturated heterocycles. The van der Waals surface area contributed by atoms with Gasteiger partial charge in [0.2, 0.25) is 5.91 Å². The lowest BCUT2D eigenvalue weighted by Gasteiger charge is -2.35. The quantitative estimate of drug-likeness (QED) is 0.851. The highest BCUT2D eigenvalue weighted by Crippen LogP contribution is 2.38. The zero-order valence-electron chi connectivity index (χ0n) is 15.0. The van der Waals surface area contributed by atoms with Gasteiger partial charge in [-0.15, -0.1) is 0 Å². The zero-order chi connectivity index (χ0) is 17.7. The first-order valence-corrected chi connectivity index (χ1v) is 9.29. The van der Waals surface area contributed by atoms with Crippen molar-refractivity contribution in [3.8, 4) is 17.0 Å². The largest absolute Gasteiger partial charge is 0.497 e. The summed E-state index contributed by atoms with van der Waals surface area (Å²) < 4.78 is 13.8. The lowest BCUT2D eigenvalue weighted by atomic mass is 10.0. The van der Waals surface area contributed by atoms with Crippen LogP contribution in [0, 0.1) is 5.92 Å². The minimum Gasteiger partial charge on any atom is -0.497 e. The number of rotatable bonds is 3. The molecule has 1 aliphatic carbocycles. The average Bonchev–Trinajstić information content (AvgIpc) is 3.33. The molecule has 6 nitrogen and oxygen atoms in total. The molecular weight excluding hydrogens is 330 g/mol. The number of imidazole rings is 1. The number of likely N-dealkylation sites (tertiary alicyclic amines) is 1. The molecule has 1 atom stereocenters. The third-order valence-corrected chi connectivity index (χ3v) is 5.81. The van der Waals surface area contributed by atoms with E-state index in [9.17, 15) is 4.79 Å². The fraction of sp³-hybridized carbons (Fsp3) is 0.500. The molecular formula is C20H23N3O3. The van der Waals surface area contributed by atoms with Gasteiger partial charge in [0, 0.05) is 18.0 Å². The number of aromatic nitrogens is 2. The Hall–Kier alpha value is -2.34. The molecule has 2 aliphatic heterocycles. The average molecular weight is 353 g/mol. The Morgan fingerprint density at radius 3 is 3.04 bits per heavy atom. The van der Waals surface area contributed by atoms with Crippen LogP contribution in [0.2, 0.25) is 0 Å². The molecule has 26 heavy (non-hydrogen) atoms. The molecule has 0 bridgehead atoms. The van der Waals surface area contributed by atoms with Gasteiger partial charge in [0.25, 0.3) is 0 Å². The van der Waals surface area contributed by atoms with Crippen molar-refractivity contribution in [1.29, 1.82) is 0 Å². The van der Waals surface area contributed by atoms with Gasteiger partial charge in [-0.2, -0.15) is 0 Å². The van der Waals surface area contributed by atoms with E-state index in [0.717, 1.165) is 55.2 Å². The molecule has 0 unspecified atom stereocenters. The predicted molar refractivity (Wildman–Crippen MR) is 95.7 cm³/mol. The number of fused-ring (bicyclic) bond motifs is 1. The monoisotopic (exact) mass is 353 g/mol. The van der Waals surface area contributed by atoms with Crippen molar-refractivity contribution in [2.75, 3.05) is 20.2 Å². The SMILES string of the molecule is COc1cccc(-c2cnc3n2C[C@@]2(CCN(C(=O)C4CC4)C2)OC3)c1. The van der Waals surface area contributed by atoms with Crippen LogP contribution < -0.4 is 4.74 Å². The molecule has 3 aliphatic rings. The third kappa shape index (κ3) is 2.60. The van der Waals surface area contributed by atoms with Crippen LogP contribution in [0.15, 0.2) is 30.5 Å². The first kappa shape index (κ1) is 15.9. The van der Waals surface area contributed by atoms with Gasteiger partial charge in [-0.1, -0.05) is 12.1 Å². The van der Waals surface area contributed by atoms with Gasteiger partial charge in [0.1, 0.15) is 23.8 Å². The van der Waals surface area contributed by atoms with E-state index < -0.39 is 0 Å². The molecule has 2 aromatic rings. The van der Waals surface area contributed by atoms with Gasteiger partial charge < -0.3 is 18.9 Å². The van der Waals surface area contributed by atoms with Crippen molar-refractivity contribution in [3.05, 3.63) is 36.3 Å². The van der Waals surface area contributed by atoms with Crippen molar-refractivity contribution < 1.29 is 14.3 Å². The highest BCUT2D eigenvalue weighted by Gasteiger charge is 2.46. The molecule has 2 fully saturated rings. The fourth-order valence-corrected chi connectivity index (χ4v) is 4.14. The molecule has 6 heteroatoms. The number of ether oxygens (including phenoxy) is 2. The number of nitrogens with zero attached hydrogens (tertiary/aromatic N) is 3. The van der Waals surface area contributed by atoms with Crippen LogP contribution in [0.4, 0.5) is 0 Å². The minimum atomic E-state index is -0.286. The lowest BCUT2D eigenvalue weighted by Crippen LogP contribution is -2.45. The van der Waals surface area contributed by atoms with Crippen molar-refractivity contribution in [2.24, 2.45) is 5.92 Å².